The second-order valence-electron chi connectivity index (χ2n) is 18.0. The van der Waals surface area contributed by atoms with Crippen molar-refractivity contribution in [1.82, 2.24) is 46.3 Å². The molecule has 0 spiro atoms. The number of rotatable bonds is 22. The van der Waals surface area contributed by atoms with Gasteiger partial charge < -0.3 is 41.0 Å². The van der Waals surface area contributed by atoms with Crippen molar-refractivity contribution in [2.75, 3.05) is 84.5 Å². The minimum Gasteiger partial charge on any atom is -0.380 e. The van der Waals surface area contributed by atoms with Crippen LogP contribution >= 0.6 is 11.8 Å². The molecule has 6 amide bonds. The molecule has 372 valence electrons. The molecule has 4 fully saturated rings. The fourth-order valence-corrected chi connectivity index (χ4v) is 10.5. The average molecular weight is 979 g/mol. The molecule has 70 heavy (non-hydrogen) atoms. The molecular formula is C51H63FN10O7S. The van der Waals surface area contributed by atoms with E-state index in [4.69, 9.17) is 14.7 Å². The average Bonchev–Trinajstić information content (AvgIpc) is 3.93. The third kappa shape index (κ3) is 16.0. The van der Waals surface area contributed by atoms with Crippen molar-refractivity contribution in [2.45, 2.75) is 81.4 Å². The van der Waals surface area contributed by atoms with Gasteiger partial charge in [0.2, 0.25) is 11.8 Å². The maximum absolute atomic E-state index is 13.8. The normalized spacial score (nSPS) is 19.2. The van der Waals surface area contributed by atoms with Crippen LogP contribution in [0.1, 0.15) is 88.0 Å². The highest BCUT2D eigenvalue weighted by molar-refractivity contribution is 8.00. The third-order valence-electron chi connectivity index (χ3n) is 12.8. The van der Waals surface area contributed by atoms with Crippen LogP contribution in [0, 0.1) is 29.0 Å². The lowest BCUT2D eigenvalue weighted by atomic mass is 10.0. The highest BCUT2D eigenvalue weighted by Gasteiger charge is 2.42. The van der Waals surface area contributed by atoms with Gasteiger partial charge in [-0.05, 0) is 73.6 Å². The summed E-state index contributed by atoms with van der Waals surface area (Å²) in [4.78, 5) is 74.6. The number of nitrogens with zero attached hydrogens (tertiary/aromatic N) is 5. The Bertz CT molecular complexity index is 2360. The van der Waals surface area contributed by atoms with Crippen molar-refractivity contribution in [3.8, 4) is 17.9 Å². The minimum absolute atomic E-state index is 0.00996. The van der Waals surface area contributed by atoms with Gasteiger partial charge in [-0.2, -0.15) is 17.0 Å². The molecule has 4 saturated heterocycles. The number of carbonyl (C=O) groups excluding carboxylic acids is 5. The number of aromatic nitrogens is 1. The molecule has 19 heteroatoms. The number of thioether (sulfide) groups is 1. The lowest BCUT2D eigenvalue weighted by Gasteiger charge is -2.34. The molecular weight excluding hydrogens is 916 g/mol. The summed E-state index contributed by atoms with van der Waals surface area (Å²) in [7, 11) is 0. The Morgan fingerprint density at radius 1 is 0.843 bits per heavy atom. The molecule has 0 saturated carbocycles. The molecule has 3 aromatic rings. The van der Waals surface area contributed by atoms with E-state index in [-0.39, 0.29) is 72.1 Å². The third-order valence-corrected chi connectivity index (χ3v) is 14.3. The summed E-state index contributed by atoms with van der Waals surface area (Å²) in [5.74, 6) is 5.55. The van der Waals surface area contributed by atoms with E-state index in [1.807, 2.05) is 36.0 Å². The van der Waals surface area contributed by atoms with Crippen LogP contribution in [0.15, 0.2) is 60.8 Å². The second kappa shape index (κ2) is 26.8. The van der Waals surface area contributed by atoms with Gasteiger partial charge in [0.1, 0.15) is 18.1 Å². The summed E-state index contributed by atoms with van der Waals surface area (Å²) >= 11 is 1.88. The fraction of sp³-hybridized carbons (Fsp3) is 0.510. The molecule has 2 aromatic carbocycles. The van der Waals surface area contributed by atoms with Crippen LogP contribution in [0.3, 0.4) is 0 Å². The predicted octanol–water partition coefficient (Wildman–Crippen LogP) is 3.18. The number of nitrogens with one attached hydrogen (secondary N) is 5. The van der Waals surface area contributed by atoms with Gasteiger partial charge in [0, 0.05) is 102 Å². The summed E-state index contributed by atoms with van der Waals surface area (Å²) in [6.45, 7) is 6.49. The van der Waals surface area contributed by atoms with Crippen molar-refractivity contribution in [3.63, 3.8) is 0 Å². The van der Waals surface area contributed by atoms with E-state index in [1.165, 1.54) is 18.3 Å². The zero-order valence-corrected chi connectivity index (χ0v) is 40.3. The van der Waals surface area contributed by atoms with E-state index in [9.17, 15) is 28.4 Å². The van der Waals surface area contributed by atoms with Gasteiger partial charge in [0.05, 0.1) is 48.0 Å². The summed E-state index contributed by atoms with van der Waals surface area (Å²) in [6, 6.07) is 17.9. The Kier molecular flexibility index (Phi) is 19.8. The van der Waals surface area contributed by atoms with E-state index in [0.29, 0.717) is 88.3 Å². The number of benzene rings is 2. The van der Waals surface area contributed by atoms with Gasteiger partial charge in [-0.15, -0.1) is 0 Å². The number of likely N-dealkylation sites (tertiary alicyclic amines) is 1. The number of piperazine rings is 1. The number of urea groups is 1. The Labute approximate surface area is 413 Å². The first-order chi connectivity index (χ1) is 34.1. The number of piperidine rings is 1. The van der Waals surface area contributed by atoms with Crippen molar-refractivity contribution in [2.24, 2.45) is 0 Å². The number of amides is 6. The van der Waals surface area contributed by atoms with Crippen LogP contribution < -0.4 is 26.6 Å². The molecule has 17 nitrogen and oxygen atoms in total. The van der Waals surface area contributed by atoms with E-state index in [1.54, 1.807) is 23.1 Å². The number of carbonyl (C=O) groups is 5. The van der Waals surface area contributed by atoms with Gasteiger partial charge in [-0.1, -0.05) is 42.5 Å². The molecule has 3 atom stereocenters. The number of ether oxygens (including phenoxy) is 2. The summed E-state index contributed by atoms with van der Waals surface area (Å²) in [5.41, 5.74) is 3.40. The monoisotopic (exact) mass is 978 g/mol. The Morgan fingerprint density at radius 2 is 1.56 bits per heavy atom. The molecule has 5 N–H and O–H groups in total. The summed E-state index contributed by atoms with van der Waals surface area (Å²) in [6.07, 6.45) is 6.59. The van der Waals surface area contributed by atoms with Crippen LogP contribution in [-0.2, 0) is 32.2 Å². The van der Waals surface area contributed by atoms with Gasteiger partial charge >= 0.3 is 6.03 Å². The van der Waals surface area contributed by atoms with Crippen molar-refractivity contribution in [3.05, 3.63) is 100 Å². The highest BCUT2D eigenvalue weighted by atomic mass is 32.2. The van der Waals surface area contributed by atoms with E-state index in [0.717, 1.165) is 68.6 Å². The number of nitriles is 1. The smallest absolute Gasteiger partial charge is 0.315 e. The molecule has 5 heterocycles. The number of halogens is 1. The lowest BCUT2D eigenvalue weighted by molar-refractivity contribution is -0.125. The topological polar surface area (TPSA) is 210 Å². The quantitative estimate of drug-likeness (QED) is 0.0559. The van der Waals surface area contributed by atoms with Gasteiger partial charge in [0.25, 0.3) is 11.8 Å². The lowest BCUT2D eigenvalue weighted by Crippen LogP contribution is -2.48. The molecule has 7 rings (SSSR count). The first kappa shape index (κ1) is 51.8. The minimum atomic E-state index is -0.395. The second-order valence-corrected chi connectivity index (χ2v) is 19.2. The van der Waals surface area contributed by atoms with E-state index in [2.05, 4.69) is 59.3 Å². The Hall–Kier alpha value is -6.09. The maximum Gasteiger partial charge on any atom is 0.315 e. The largest absolute Gasteiger partial charge is 0.380 e. The number of hydrogen-bond acceptors (Lipinski definition) is 12. The van der Waals surface area contributed by atoms with Gasteiger partial charge in [0.15, 0.2) is 0 Å². The summed E-state index contributed by atoms with van der Waals surface area (Å²) < 4.78 is 24.5. The van der Waals surface area contributed by atoms with E-state index >= 15 is 0 Å². The summed E-state index contributed by atoms with van der Waals surface area (Å²) in [5, 5.41) is 24.2. The Balaban J connectivity index is 0.813. The van der Waals surface area contributed by atoms with Gasteiger partial charge in [-0.3, -0.25) is 29.0 Å². The van der Waals surface area contributed by atoms with Crippen LogP contribution in [0.5, 0.6) is 0 Å². The van der Waals surface area contributed by atoms with Crippen molar-refractivity contribution >= 4 is 41.4 Å². The first-order valence-corrected chi connectivity index (χ1v) is 25.3. The van der Waals surface area contributed by atoms with Crippen molar-refractivity contribution < 1.29 is 37.8 Å². The molecule has 4 aliphatic rings. The van der Waals surface area contributed by atoms with Gasteiger partial charge in [-0.25, -0.2) is 14.2 Å². The number of unbranched alkanes of at least 4 members (excludes halogenated alkanes) is 1. The van der Waals surface area contributed by atoms with Crippen LogP contribution in [-0.4, -0.2) is 157 Å². The molecule has 0 radical (unpaired) electrons. The predicted molar refractivity (Wildman–Crippen MR) is 262 cm³/mol. The fourth-order valence-electron chi connectivity index (χ4n) is 8.92. The number of pyridine rings is 1. The maximum atomic E-state index is 13.8. The molecule has 1 aromatic heterocycles. The molecule has 0 bridgehead atoms. The molecule has 0 unspecified atom stereocenters. The first-order valence-electron chi connectivity index (χ1n) is 24.2. The highest BCUT2D eigenvalue weighted by Crippen LogP contribution is 2.33. The zero-order chi connectivity index (χ0) is 49.1. The Morgan fingerprint density at radius 3 is 2.30 bits per heavy atom. The van der Waals surface area contributed by atoms with Crippen LogP contribution in [0.2, 0.25) is 0 Å². The van der Waals surface area contributed by atoms with Crippen LogP contribution in [0.25, 0.3) is 0 Å². The van der Waals surface area contributed by atoms with E-state index < -0.39 is 5.91 Å². The number of hydrogen-bond donors (Lipinski definition) is 5. The molecule has 4 aliphatic heterocycles. The zero-order valence-electron chi connectivity index (χ0n) is 39.5. The number of fused-ring (bicyclic) bond motifs is 1. The standard InChI is InChI=1S/C51H63FN10O7S/c52-41-14-12-38(13-15-41)33-61-22-24-62(25-23-61)50(66)40-29-39(47(56-31-40)49(65)57-42-16-20-60(21-17-42)32-37-10-8-36(30-53)9-11-37)5-3-18-54-46(64)34-69-27-4-26-68-28-19-55-45(63)7-2-1-6-44-48-43(35-70-44)58-51(67)59-48/h8-15,29,31,42-44,48H,1-2,4,6-7,16-28,32-35H2,(H,54,64)(H,55,63)(H,57,65)(H2,58,59,67)/t43-,44-,48-/m0/s1. The molecule has 0 aliphatic carbocycles. The van der Waals surface area contributed by atoms with Crippen LogP contribution in [0.4, 0.5) is 9.18 Å². The SMILES string of the molecule is N#Cc1ccc(CN2CCC(NC(=O)c3ncc(C(=O)N4CCN(Cc5ccc(F)cc5)CC4)cc3C#CCNC(=O)COCCCOCCNC(=O)CCCC[C@@H]3SC[C@@H]4NC(=O)N[C@@H]43)CC2)cc1. The van der Waals surface area contributed by atoms with Crippen molar-refractivity contribution in [1.29, 1.82) is 5.26 Å².